The van der Waals surface area contributed by atoms with Crippen LogP contribution in [0.15, 0.2) is 29.3 Å². The molecule has 1 heterocycles. The zero-order chi connectivity index (χ0) is 13.2. The van der Waals surface area contributed by atoms with Gasteiger partial charge in [-0.15, -0.1) is 0 Å². The van der Waals surface area contributed by atoms with Gasteiger partial charge < -0.3 is 0 Å². The molecule has 100 valence electrons. The van der Waals surface area contributed by atoms with Crippen LogP contribution in [0.25, 0.3) is 0 Å². The maximum absolute atomic E-state index is 11.9. The van der Waals surface area contributed by atoms with Crippen molar-refractivity contribution in [2.75, 3.05) is 11.6 Å². The number of amides is 1. The largest absolute Gasteiger partial charge is 0.279 e. The van der Waals surface area contributed by atoms with Crippen molar-refractivity contribution < 1.29 is 4.79 Å². The van der Waals surface area contributed by atoms with Gasteiger partial charge in [-0.05, 0) is 18.9 Å². The Morgan fingerprint density at radius 1 is 1.16 bits per heavy atom. The lowest BCUT2D eigenvalue weighted by Gasteiger charge is -2.24. The monoisotopic (exact) mass is 257 g/mol. The molecule has 0 saturated heterocycles. The predicted octanol–water partition coefficient (Wildman–Crippen LogP) is 2.28. The van der Waals surface area contributed by atoms with E-state index in [4.69, 9.17) is 5.84 Å². The average molecular weight is 257 g/mol. The predicted molar refractivity (Wildman–Crippen MR) is 76.1 cm³/mol. The van der Waals surface area contributed by atoms with Gasteiger partial charge in [0.15, 0.2) is 0 Å². The Morgan fingerprint density at radius 3 is 2.68 bits per heavy atom. The lowest BCUT2D eigenvalue weighted by atomic mass is 9.83. The van der Waals surface area contributed by atoms with Crippen LogP contribution in [-0.2, 0) is 4.79 Å². The molecule has 1 aliphatic heterocycles. The van der Waals surface area contributed by atoms with Crippen LogP contribution in [0.1, 0.15) is 37.7 Å². The van der Waals surface area contributed by atoms with E-state index in [-0.39, 0.29) is 12.5 Å². The summed E-state index contributed by atoms with van der Waals surface area (Å²) in [5.74, 6) is 6.23. The fraction of sp³-hybridized carbons (Fsp3) is 0.467. The average Bonchev–Trinajstić information content (AvgIpc) is 2.59. The van der Waals surface area contributed by atoms with Crippen molar-refractivity contribution >= 4 is 17.3 Å². The molecule has 1 amide bonds. The van der Waals surface area contributed by atoms with Crippen LogP contribution in [0.5, 0.6) is 0 Å². The van der Waals surface area contributed by atoms with Gasteiger partial charge >= 0.3 is 0 Å². The van der Waals surface area contributed by atoms with Gasteiger partial charge in [0.2, 0.25) is 0 Å². The van der Waals surface area contributed by atoms with Gasteiger partial charge in [0.1, 0.15) is 6.54 Å². The van der Waals surface area contributed by atoms with Crippen molar-refractivity contribution in [2.45, 2.75) is 32.1 Å². The molecule has 19 heavy (non-hydrogen) atoms. The van der Waals surface area contributed by atoms with Crippen molar-refractivity contribution in [1.29, 1.82) is 0 Å². The van der Waals surface area contributed by atoms with E-state index >= 15 is 0 Å². The van der Waals surface area contributed by atoms with Crippen molar-refractivity contribution in [3.8, 4) is 0 Å². The maximum atomic E-state index is 11.9. The zero-order valence-electron chi connectivity index (χ0n) is 11.0. The number of carbonyl (C=O) groups is 1. The summed E-state index contributed by atoms with van der Waals surface area (Å²) >= 11 is 0. The molecule has 3 rings (SSSR count). The lowest BCUT2D eigenvalue weighted by Crippen LogP contribution is -2.38. The van der Waals surface area contributed by atoms with E-state index < -0.39 is 0 Å². The summed E-state index contributed by atoms with van der Waals surface area (Å²) < 4.78 is 0. The van der Waals surface area contributed by atoms with Crippen LogP contribution < -0.4 is 10.9 Å². The molecule has 0 radical (unpaired) electrons. The third-order valence-corrected chi connectivity index (χ3v) is 4.08. The Hall–Kier alpha value is -1.68. The number of carbonyl (C=O) groups excluding carboxylic acids is 1. The van der Waals surface area contributed by atoms with Crippen LogP contribution in [0, 0.1) is 5.92 Å². The summed E-state index contributed by atoms with van der Waals surface area (Å²) in [6, 6.07) is 7.83. The summed E-state index contributed by atoms with van der Waals surface area (Å²) in [6.45, 7) is 0.164. The number of nitrogens with two attached hydrogens (primary N) is 1. The summed E-state index contributed by atoms with van der Waals surface area (Å²) in [7, 11) is 0. The van der Waals surface area contributed by atoms with Crippen LogP contribution in [-0.4, -0.2) is 18.2 Å². The minimum Gasteiger partial charge on any atom is -0.279 e. The first-order valence-corrected chi connectivity index (χ1v) is 6.99. The number of hydrogen-bond acceptors (Lipinski definition) is 3. The second-order valence-electron chi connectivity index (χ2n) is 5.32. The Kier molecular flexibility index (Phi) is 3.34. The van der Waals surface area contributed by atoms with Crippen molar-refractivity contribution in [2.24, 2.45) is 16.8 Å². The van der Waals surface area contributed by atoms with Gasteiger partial charge in [0.25, 0.3) is 5.91 Å². The number of rotatable bonds is 1. The lowest BCUT2D eigenvalue weighted by molar-refractivity contribution is -0.117. The summed E-state index contributed by atoms with van der Waals surface area (Å²) in [6.07, 6.45) is 6.17. The van der Waals surface area contributed by atoms with Crippen molar-refractivity contribution in [1.82, 2.24) is 0 Å². The first-order chi connectivity index (χ1) is 9.27. The first-order valence-electron chi connectivity index (χ1n) is 6.99. The topological polar surface area (TPSA) is 58.7 Å². The molecule has 0 aromatic heterocycles. The molecule has 1 aromatic carbocycles. The number of para-hydroxylation sites is 1. The summed E-state index contributed by atoms with van der Waals surface area (Å²) in [5, 5.41) is 1.24. The summed E-state index contributed by atoms with van der Waals surface area (Å²) in [5.41, 5.74) is 2.90. The Balaban J connectivity index is 2.03. The molecular formula is C15H19N3O. The van der Waals surface area contributed by atoms with Crippen molar-refractivity contribution in [3.63, 3.8) is 0 Å². The fourth-order valence-electron chi connectivity index (χ4n) is 3.07. The number of benzodiazepines with no additional fused rings is 1. The van der Waals surface area contributed by atoms with E-state index in [1.54, 1.807) is 0 Å². The van der Waals surface area contributed by atoms with Crippen molar-refractivity contribution in [3.05, 3.63) is 29.8 Å². The smallest absolute Gasteiger partial charge is 0.262 e. The minimum absolute atomic E-state index is 0.141. The first kappa shape index (κ1) is 12.4. The number of nitrogens with zero attached hydrogens (tertiary/aromatic N) is 2. The highest BCUT2D eigenvalue weighted by Gasteiger charge is 2.27. The van der Waals surface area contributed by atoms with E-state index in [2.05, 4.69) is 4.99 Å². The zero-order valence-corrected chi connectivity index (χ0v) is 11.0. The Morgan fingerprint density at radius 2 is 1.89 bits per heavy atom. The van der Waals surface area contributed by atoms with E-state index in [9.17, 15) is 4.79 Å². The molecule has 2 N–H and O–H groups in total. The molecule has 4 heteroatoms. The third kappa shape index (κ3) is 2.28. The molecule has 4 nitrogen and oxygen atoms in total. The molecular weight excluding hydrogens is 238 g/mol. The minimum atomic E-state index is -0.141. The molecule has 0 unspecified atom stereocenters. The van der Waals surface area contributed by atoms with Crippen LogP contribution in [0.4, 0.5) is 5.69 Å². The Bertz CT molecular complexity index is 518. The van der Waals surface area contributed by atoms with Gasteiger partial charge in [-0.2, -0.15) is 0 Å². The van der Waals surface area contributed by atoms with Gasteiger partial charge in [-0.3, -0.25) is 9.79 Å². The molecule has 0 atom stereocenters. The van der Waals surface area contributed by atoms with Gasteiger partial charge in [0.05, 0.1) is 5.69 Å². The number of hydrogen-bond donors (Lipinski definition) is 1. The summed E-state index contributed by atoms with van der Waals surface area (Å²) in [4.78, 5) is 16.5. The quantitative estimate of drug-likeness (QED) is 0.620. The Labute approximate surface area is 113 Å². The third-order valence-electron chi connectivity index (χ3n) is 4.08. The van der Waals surface area contributed by atoms with E-state index in [0.29, 0.717) is 5.92 Å². The maximum Gasteiger partial charge on any atom is 0.262 e. The highest BCUT2D eigenvalue weighted by atomic mass is 16.2. The number of aliphatic imine (C=N–C) groups is 1. The van der Waals surface area contributed by atoms with E-state index in [1.165, 1.54) is 37.1 Å². The molecule has 0 spiro atoms. The van der Waals surface area contributed by atoms with E-state index in [1.807, 2.05) is 24.3 Å². The number of fused-ring (bicyclic) bond motifs is 1. The standard InChI is InChI=1S/C15H19N3O/c16-18-13-9-5-4-8-12(13)15(17-10-14(18)19)11-6-2-1-3-7-11/h4-5,8-9,11H,1-3,6-7,10,16H2. The second kappa shape index (κ2) is 5.13. The fourth-order valence-corrected chi connectivity index (χ4v) is 3.07. The van der Waals surface area contributed by atoms with E-state index in [0.717, 1.165) is 17.0 Å². The van der Waals surface area contributed by atoms with Crippen LogP contribution in [0.3, 0.4) is 0 Å². The van der Waals surface area contributed by atoms with Crippen LogP contribution in [0.2, 0.25) is 0 Å². The normalized spacial score (nSPS) is 20.8. The molecule has 0 bridgehead atoms. The molecule has 1 fully saturated rings. The molecule has 1 aromatic rings. The van der Waals surface area contributed by atoms with Gasteiger partial charge in [0, 0.05) is 17.2 Å². The van der Waals surface area contributed by atoms with Gasteiger partial charge in [-0.1, -0.05) is 37.5 Å². The van der Waals surface area contributed by atoms with Crippen LogP contribution >= 0.6 is 0 Å². The highest BCUT2D eigenvalue weighted by molar-refractivity contribution is 6.12. The number of hydrazine groups is 1. The number of anilines is 1. The second-order valence-corrected chi connectivity index (χ2v) is 5.32. The molecule has 1 saturated carbocycles. The molecule has 1 aliphatic carbocycles. The number of benzene rings is 1. The van der Waals surface area contributed by atoms with Gasteiger partial charge in [-0.25, -0.2) is 10.9 Å². The SMILES string of the molecule is NN1C(=O)CN=C(C2CCCCC2)c2ccccc21. The highest BCUT2D eigenvalue weighted by Crippen LogP contribution is 2.31. The molecule has 2 aliphatic rings.